The second-order valence-corrected chi connectivity index (χ2v) is 3.62. The number of carbonyl (C=O) groups excluding carboxylic acids is 1. The fourth-order valence-corrected chi connectivity index (χ4v) is 0.976. The lowest BCUT2D eigenvalue weighted by molar-refractivity contribution is -0.460. The zero-order valence-corrected chi connectivity index (χ0v) is 9.61. The molecule has 0 N–H and O–H groups in total. The highest BCUT2D eigenvalue weighted by atomic mass is 19.4. The molecule has 0 rings (SSSR count). The Balaban J connectivity index is 6.15. The minimum Gasteiger partial charge on any atom is -0.288 e. The van der Waals surface area contributed by atoms with Crippen LogP contribution in [0.2, 0.25) is 0 Å². The number of ketones is 1. The predicted octanol–water partition coefficient (Wildman–Crippen LogP) is 4.15. The average molecular weight is 382 g/mol. The van der Waals surface area contributed by atoms with Crippen molar-refractivity contribution >= 4 is 5.78 Å². The molecule has 0 saturated heterocycles. The van der Waals surface area contributed by atoms with E-state index >= 15 is 0 Å². The fourth-order valence-electron chi connectivity index (χ4n) is 0.976. The number of rotatable bonds is 4. The molecule has 0 aromatic carbocycles. The molecule has 0 bridgehead atoms. The lowest BCUT2D eigenvalue weighted by Crippen LogP contribution is -2.67. The van der Waals surface area contributed by atoms with Crippen molar-refractivity contribution < 1.29 is 71.0 Å². The first-order chi connectivity index (χ1) is 9.61. The molecule has 0 saturated carbocycles. The molecule has 23 heavy (non-hydrogen) atoms. The van der Waals surface area contributed by atoms with Gasteiger partial charge in [0.05, 0.1) is 0 Å². The SMILES string of the molecule is O=C(C(F)(F)C(F)(F)OC(F)(F)F)C(F)(C(F)(F)F)C(F)(F)F. The molecule has 0 unspecified atom stereocenters. The van der Waals surface area contributed by atoms with Crippen LogP contribution < -0.4 is 0 Å². The third-order valence-electron chi connectivity index (χ3n) is 1.99. The summed E-state index contributed by atoms with van der Waals surface area (Å²) in [5.41, 5.74) is -7.57. The molecule has 0 aliphatic heterocycles. The van der Waals surface area contributed by atoms with E-state index in [2.05, 4.69) is 0 Å². The van der Waals surface area contributed by atoms with Gasteiger partial charge in [-0.15, -0.1) is 13.2 Å². The molecule has 0 aliphatic carbocycles. The van der Waals surface area contributed by atoms with Crippen molar-refractivity contribution in [1.29, 1.82) is 0 Å². The number of halogens is 14. The molecule has 16 heteroatoms. The number of carbonyl (C=O) groups is 1. The van der Waals surface area contributed by atoms with Crippen molar-refractivity contribution in [2.45, 2.75) is 36.4 Å². The van der Waals surface area contributed by atoms with Crippen LogP contribution in [0.5, 0.6) is 0 Å². The summed E-state index contributed by atoms with van der Waals surface area (Å²) in [5, 5.41) is 0. The van der Waals surface area contributed by atoms with Crippen LogP contribution in [0.25, 0.3) is 0 Å². The number of ether oxygens (including phenoxy) is 1. The summed E-state index contributed by atoms with van der Waals surface area (Å²) in [6, 6.07) is 0. The Morgan fingerprint density at radius 1 is 0.609 bits per heavy atom. The van der Waals surface area contributed by atoms with Crippen LogP contribution in [-0.4, -0.2) is 42.2 Å². The number of hydrogen-bond acceptors (Lipinski definition) is 2. The quantitative estimate of drug-likeness (QED) is 0.683. The fraction of sp³-hybridized carbons (Fsp3) is 0.857. The van der Waals surface area contributed by atoms with Crippen LogP contribution in [0, 0.1) is 0 Å². The first kappa shape index (κ1) is 21.6. The van der Waals surface area contributed by atoms with Gasteiger partial charge in [-0.1, -0.05) is 0 Å². The van der Waals surface area contributed by atoms with E-state index in [1.54, 1.807) is 0 Å². The van der Waals surface area contributed by atoms with Crippen molar-refractivity contribution in [2.75, 3.05) is 0 Å². The molecule has 0 radical (unpaired) electrons. The van der Waals surface area contributed by atoms with E-state index in [1.165, 1.54) is 4.74 Å². The molecule has 0 heterocycles. The largest absolute Gasteiger partial charge is 0.527 e. The summed E-state index contributed by atoms with van der Waals surface area (Å²) in [6.45, 7) is 0. The highest BCUT2D eigenvalue weighted by molar-refractivity contribution is 5.95. The van der Waals surface area contributed by atoms with Crippen molar-refractivity contribution in [2.24, 2.45) is 0 Å². The number of alkyl halides is 14. The van der Waals surface area contributed by atoms with Gasteiger partial charge in [0.2, 0.25) is 0 Å². The van der Waals surface area contributed by atoms with E-state index in [1.807, 2.05) is 0 Å². The predicted molar refractivity (Wildman–Crippen MR) is 38.0 cm³/mol. The first-order valence-electron chi connectivity index (χ1n) is 4.51. The van der Waals surface area contributed by atoms with E-state index in [0.717, 1.165) is 0 Å². The Bertz CT molecular complexity index is 439. The summed E-state index contributed by atoms with van der Waals surface area (Å²) < 4.78 is 171. The van der Waals surface area contributed by atoms with E-state index in [0.29, 0.717) is 0 Å². The van der Waals surface area contributed by atoms with Crippen molar-refractivity contribution in [1.82, 2.24) is 0 Å². The molecule has 0 aliphatic rings. The number of hydrogen-bond donors (Lipinski definition) is 0. The van der Waals surface area contributed by atoms with E-state index < -0.39 is 42.2 Å². The van der Waals surface area contributed by atoms with Gasteiger partial charge in [0.25, 0.3) is 5.78 Å². The molecular weight excluding hydrogens is 382 g/mol. The molecular formula is C7F14O2. The molecule has 0 amide bonds. The summed E-state index contributed by atoms with van der Waals surface area (Å²) in [6.07, 6.45) is -29.0. The van der Waals surface area contributed by atoms with Crippen LogP contribution in [-0.2, 0) is 9.53 Å². The van der Waals surface area contributed by atoms with E-state index in [4.69, 9.17) is 0 Å². The summed E-state index contributed by atoms with van der Waals surface area (Å²) in [7, 11) is 0. The Morgan fingerprint density at radius 3 is 1.13 bits per heavy atom. The highest BCUT2D eigenvalue weighted by Gasteiger charge is 2.84. The third kappa shape index (κ3) is 3.77. The second-order valence-electron chi connectivity index (χ2n) is 3.62. The standard InChI is InChI=1S/C7F14O2/c8-2(4(11,12)13,5(14,15)16)1(22)3(9,10)6(17,18)23-7(19,20)21. The van der Waals surface area contributed by atoms with Crippen LogP contribution >= 0.6 is 0 Å². The average Bonchev–Trinajstić information content (AvgIpc) is 2.19. The van der Waals surface area contributed by atoms with Gasteiger partial charge in [0, 0.05) is 0 Å². The van der Waals surface area contributed by atoms with Crippen LogP contribution in [0.15, 0.2) is 0 Å². The first-order valence-corrected chi connectivity index (χ1v) is 4.51. The number of Topliss-reactive ketones (excluding diaryl/α,β-unsaturated/α-hetero) is 1. The zero-order valence-electron chi connectivity index (χ0n) is 9.61. The summed E-state index contributed by atoms with van der Waals surface area (Å²) >= 11 is 0. The lowest BCUT2D eigenvalue weighted by Gasteiger charge is -2.33. The van der Waals surface area contributed by atoms with Crippen molar-refractivity contribution in [3.63, 3.8) is 0 Å². The van der Waals surface area contributed by atoms with Gasteiger partial charge in [-0.3, -0.25) is 4.79 Å². The van der Waals surface area contributed by atoms with E-state index in [-0.39, 0.29) is 0 Å². The minimum atomic E-state index is -7.57. The van der Waals surface area contributed by atoms with Gasteiger partial charge in [0.15, 0.2) is 0 Å². The molecule has 0 aromatic rings. The maximum Gasteiger partial charge on any atom is 0.527 e. The van der Waals surface area contributed by atoms with Gasteiger partial charge in [-0.05, 0) is 0 Å². The zero-order chi connectivity index (χ0) is 19.3. The minimum absolute atomic E-state index is 1.33. The smallest absolute Gasteiger partial charge is 0.288 e. The second kappa shape index (κ2) is 5.34. The molecule has 0 aromatic heterocycles. The Morgan fingerprint density at radius 2 is 0.913 bits per heavy atom. The van der Waals surface area contributed by atoms with Crippen LogP contribution in [0.4, 0.5) is 61.5 Å². The normalized spacial score (nSPS) is 15.7. The van der Waals surface area contributed by atoms with Crippen LogP contribution in [0.3, 0.4) is 0 Å². The maximum atomic E-state index is 12.9. The molecule has 0 atom stereocenters. The van der Waals surface area contributed by atoms with Gasteiger partial charge >= 0.3 is 36.4 Å². The Kier molecular flexibility index (Phi) is 5.02. The monoisotopic (exact) mass is 382 g/mol. The maximum absolute atomic E-state index is 12.9. The third-order valence-corrected chi connectivity index (χ3v) is 1.99. The Hall–Kier alpha value is -1.35. The molecule has 138 valence electrons. The molecule has 0 spiro atoms. The van der Waals surface area contributed by atoms with Gasteiger partial charge < -0.3 is 0 Å². The van der Waals surface area contributed by atoms with E-state index in [9.17, 15) is 66.3 Å². The van der Waals surface area contributed by atoms with Gasteiger partial charge in [-0.2, -0.15) is 43.9 Å². The Labute approximate surface area is 115 Å². The lowest BCUT2D eigenvalue weighted by atomic mass is 9.93. The summed E-state index contributed by atoms with van der Waals surface area (Å²) in [5.74, 6) is -12.7. The summed E-state index contributed by atoms with van der Waals surface area (Å²) in [4.78, 5) is 10.4. The highest BCUT2D eigenvalue weighted by Crippen LogP contribution is 2.52. The molecule has 0 fully saturated rings. The van der Waals surface area contributed by atoms with Gasteiger partial charge in [-0.25, -0.2) is 9.13 Å². The van der Waals surface area contributed by atoms with Crippen molar-refractivity contribution in [3.8, 4) is 0 Å². The molecule has 2 nitrogen and oxygen atoms in total. The van der Waals surface area contributed by atoms with Crippen LogP contribution in [0.1, 0.15) is 0 Å². The van der Waals surface area contributed by atoms with Gasteiger partial charge in [0.1, 0.15) is 0 Å². The topological polar surface area (TPSA) is 26.3 Å². The van der Waals surface area contributed by atoms with Crippen molar-refractivity contribution in [3.05, 3.63) is 0 Å².